The maximum absolute atomic E-state index is 14.4. The van der Waals surface area contributed by atoms with Crippen molar-refractivity contribution >= 4 is 17.6 Å². The molecule has 46 heavy (non-hydrogen) atoms. The Balaban J connectivity index is 0.869. The molecular formula is C35H46FN7O3. The third-order valence-electron chi connectivity index (χ3n) is 11.7. The topological polar surface area (TPSA) is 104 Å². The molecule has 0 radical (unpaired) electrons. The summed E-state index contributed by atoms with van der Waals surface area (Å²) in [6, 6.07) is 4.61. The van der Waals surface area contributed by atoms with E-state index in [2.05, 4.69) is 44.1 Å². The number of nitrogens with zero attached hydrogens (tertiary/aromatic N) is 6. The SMILES string of the molecule is CC1(C)CC2(CCC(CN3CCC4(CC3)CN(c3ncnnc3Oc3ccc(F)cc3C(=O)N(C3CC3)C3CC3)C4)CC2)NC1=O. The molecule has 6 fully saturated rings. The number of likely N-dealkylation sites (tertiary alicyclic amines) is 1. The Labute approximate surface area is 270 Å². The zero-order chi connectivity index (χ0) is 31.7. The maximum Gasteiger partial charge on any atom is 0.282 e. The molecule has 1 aromatic carbocycles. The fraction of sp³-hybridized carbons (Fsp3) is 0.686. The van der Waals surface area contributed by atoms with Gasteiger partial charge in [-0.15, -0.1) is 10.2 Å². The summed E-state index contributed by atoms with van der Waals surface area (Å²) < 4.78 is 20.6. The molecule has 2 aromatic rings. The molecule has 246 valence electrons. The van der Waals surface area contributed by atoms with Gasteiger partial charge in [0, 0.05) is 48.1 Å². The van der Waals surface area contributed by atoms with E-state index >= 15 is 0 Å². The average molecular weight is 632 g/mol. The number of ether oxygens (including phenoxy) is 1. The van der Waals surface area contributed by atoms with E-state index in [-0.39, 0.29) is 57.5 Å². The number of amides is 2. The summed E-state index contributed by atoms with van der Waals surface area (Å²) in [5.41, 5.74) is 0.266. The van der Waals surface area contributed by atoms with Gasteiger partial charge in [-0.1, -0.05) is 13.8 Å². The van der Waals surface area contributed by atoms with Gasteiger partial charge in [-0.05, 0) is 108 Å². The molecule has 3 saturated heterocycles. The number of piperidine rings is 1. The first-order chi connectivity index (χ1) is 22.1. The van der Waals surface area contributed by atoms with Crippen LogP contribution in [0.4, 0.5) is 10.2 Å². The van der Waals surface area contributed by atoms with E-state index in [0.717, 1.165) is 90.5 Å². The van der Waals surface area contributed by atoms with E-state index in [1.807, 2.05) is 4.90 Å². The zero-order valence-corrected chi connectivity index (χ0v) is 27.1. The number of anilines is 1. The quantitative estimate of drug-likeness (QED) is 0.437. The molecule has 2 amide bonds. The predicted molar refractivity (Wildman–Crippen MR) is 170 cm³/mol. The van der Waals surface area contributed by atoms with Crippen molar-refractivity contribution in [2.75, 3.05) is 37.6 Å². The summed E-state index contributed by atoms with van der Waals surface area (Å²) in [5, 5.41) is 11.6. The van der Waals surface area contributed by atoms with Crippen molar-refractivity contribution in [1.82, 2.24) is 30.3 Å². The maximum atomic E-state index is 14.4. The van der Waals surface area contributed by atoms with Crippen LogP contribution < -0.4 is 15.0 Å². The van der Waals surface area contributed by atoms with Crippen LogP contribution in [0.1, 0.15) is 94.8 Å². The summed E-state index contributed by atoms with van der Waals surface area (Å²) in [6.07, 6.45) is 13.3. The standard InChI is InChI=1S/C35H46FN7O3/c1-33(2)19-35(39-32(33)45)11-9-23(10-12-35)18-41-15-13-34(14-16-41)20-42(21-34)29-30(40-38-22-37-29)46-28-8-3-24(36)17-27(28)31(44)43(25-4-5-25)26-6-7-26/h3,8,17,22-23,25-26H,4-7,9-16,18-21H2,1-2H3,(H,39,45). The highest BCUT2D eigenvalue weighted by Gasteiger charge is 2.51. The molecule has 4 heterocycles. The molecule has 0 atom stereocenters. The van der Waals surface area contributed by atoms with Crippen LogP contribution in [-0.4, -0.2) is 87.1 Å². The molecule has 2 spiro atoms. The molecular weight excluding hydrogens is 585 g/mol. The van der Waals surface area contributed by atoms with Crippen LogP contribution in [0, 0.1) is 22.6 Å². The van der Waals surface area contributed by atoms with Crippen LogP contribution in [0.2, 0.25) is 0 Å². The van der Waals surface area contributed by atoms with Gasteiger partial charge in [0.2, 0.25) is 5.91 Å². The second-order valence-corrected chi connectivity index (χ2v) is 15.9. The minimum atomic E-state index is -0.463. The largest absolute Gasteiger partial charge is 0.434 e. The fourth-order valence-corrected chi connectivity index (χ4v) is 8.78. The molecule has 6 aliphatic rings. The Morgan fingerprint density at radius 3 is 2.37 bits per heavy atom. The van der Waals surface area contributed by atoms with Gasteiger partial charge in [-0.25, -0.2) is 9.37 Å². The van der Waals surface area contributed by atoms with Crippen molar-refractivity contribution in [2.45, 2.75) is 102 Å². The normalized spacial score (nSPS) is 28.6. The number of nitrogens with one attached hydrogen (secondary N) is 1. The van der Waals surface area contributed by atoms with Crippen molar-refractivity contribution in [3.8, 4) is 11.6 Å². The lowest BCUT2D eigenvalue weighted by Crippen LogP contribution is -2.61. The zero-order valence-electron chi connectivity index (χ0n) is 27.1. The van der Waals surface area contributed by atoms with Crippen molar-refractivity contribution in [3.05, 3.63) is 35.9 Å². The number of hydrogen-bond donors (Lipinski definition) is 1. The summed E-state index contributed by atoms with van der Waals surface area (Å²) in [6.45, 7) is 9.26. The van der Waals surface area contributed by atoms with Crippen molar-refractivity contribution < 1.29 is 18.7 Å². The first kappa shape index (κ1) is 30.0. The summed E-state index contributed by atoms with van der Waals surface area (Å²) in [7, 11) is 0. The van der Waals surface area contributed by atoms with Crippen molar-refractivity contribution in [3.63, 3.8) is 0 Å². The Kier molecular flexibility index (Phi) is 7.26. The van der Waals surface area contributed by atoms with Gasteiger partial charge in [0.05, 0.1) is 5.56 Å². The third-order valence-corrected chi connectivity index (χ3v) is 11.7. The van der Waals surface area contributed by atoms with Gasteiger partial charge in [0.25, 0.3) is 11.8 Å². The molecule has 3 aliphatic carbocycles. The van der Waals surface area contributed by atoms with Crippen LogP contribution in [0.15, 0.2) is 24.5 Å². The number of carbonyl (C=O) groups excluding carboxylic acids is 2. The second kappa shape index (κ2) is 11.1. The first-order valence-electron chi connectivity index (χ1n) is 17.4. The molecule has 0 unspecified atom stereocenters. The van der Waals surface area contributed by atoms with E-state index in [9.17, 15) is 14.0 Å². The van der Waals surface area contributed by atoms with E-state index in [4.69, 9.17) is 4.74 Å². The lowest BCUT2D eigenvalue weighted by Gasteiger charge is -2.54. The number of carbonyl (C=O) groups is 2. The molecule has 3 aliphatic heterocycles. The third kappa shape index (κ3) is 5.73. The average Bonchev–Trinajstić information content (AvgIpc) is 3.96. The Morgan fingerprint density at radius 2 is 1.74 bits per heavy atom. The van der Waals surface area contributed by atoms with Gasteiger partial charge in [0.1, 0.15) is 17.9 Å². The minimum Gasteiger partial charge on any atom is -0.434 e. The number of hydrogen-bond acceptors (Lipinski definition) is 8. The monoisotopic (exact) mass is 631 g/mol. The smallest absolute Gasteiger partial charge is 0.282 e. The number of aromatic nitrogens is 3. The second-order valence-electron chi connectivity index (χ2n) is 15.9. The fourth-order valence-electron chi connectivity index (χ4n) is 8.78. The molecule has 11 heteroatoms. The van der Waals surface area contributed by atoms with E-state index in [1.165, 1.54) is 37.4 Å². The Bertz CT molecular complexity index is 1490. The summed E-state index contributed by atoms with van der Waals surface area (Å²) in [4.78, 5) is 37.3. The highest BCUT2D eigenvalue weighted by molar-refractivity contribution is 5.98. The number of benzene rings is 1. The van der Waals surface area contributed by atoms with Gasteiger partial charge in [-0.3, -0.25) is 9.59 Å². The molecule has 8 rings (SSSR count). The summed E-state index contributed by atoms with van der Waals surface area (Å²) >= 11 is 0. The predicted octanol–water partition coefficient (Wildman–Crippen LogP) is 4.95. The lowest BCUT2D eigenvalue weighted by molar-refractivity contribution is -0.126. The number of halogens is 1. The Hall–Kier alpha value is -3.34. The van der Waals surface area contributed by atoms with Crippen molar-refractivity contribution in [2.24, 2.45) is 16.7 Å². The van der Waals surface area contributed by atoms with Gasteiger partial charge >= 0.3 is 0 Å². The van der Waals surface area contributed by atoms with E-state index < -0.39 is 5.82 Å². The van der Waals surface area contributed by atoms with Crippen LogP contribution >= 0.6 is 0 Å². The van der Waals surface area contributed by atoms with Gasteiger partial charge < -0.3 is 24.8 Å². The van der Waals surface area contributed by atoms with Crippen LogP contribution in [0.25, 0.3) is 0 Å². The molecule has 10 nitrogen and oxygen atoms in total. The van der Waals surface area contributed by atoms with E-state index in [1.54, 1.807) is 0 Å². The van der Waals surface area contributed by atoms with Crippen LogP contribution in [0.5, 0.6) is 11.6 Å². The first-order valence-corrected chi connectivity index (χ1v) is 17.4. The molecule has 1 N–H and O–H groups in total. The molecule has 0 bridgehead atoms. The lowest BCUT2D eigenvalue weighted by atomic mass is 9.70. The van der Waals surface area contributed by atoms with Crippen LogP contribution in [0.3, 0.4) is 0 Å². The van der Waals surface area contributed by atoms with Crippen molar-refractivity contribution in [1.29, 1.82) is 0 Å². The van der Waals surface area contributed by atoms with Crippen LogP contribution in [-0.2, 0) is 4.79 Å². The summed E-state index contributed by atoms with van der Waals surface area (Å²) in [5.74, 6) is 1.44. The number of rotatable bonds is 8. The van der Waals surface area contributed by atoms with E-state index in [0.29, 0.717) is 11.7 Å². The highest BCUT2D eigenvalue weighted by atomic mass is 19.1. The molecule has 1 aromatic heterocycles. The highest BCUT2D eigenvalue weighted by Crippen LogP contribution is 2.47. The minimum absolute atomic E-state index is 0.0260. The molecule has 3 saturated carbocycles. The van der Waals surface area contributed by atoms with Gasteiger partial charge in [0.15, 0.2) is 5.82 Å². The van der Waals surface area contributed by atoms with Gasteiger partial charge in [-0.2, -0.15) is 0 Å². The Morgan fingerprint density at radius 1 is 1.04 bits per heavy atom.